The van der Waals surface area contributed by atoms with E-state index in [0.717, 1.165) is 32.4 Å². The predicted octanol–water partition coefficient (Wildman–Crippen LogP) is 2.58. The van der Waals surface area contributed by atoms with Gasteiger partial charge >= 0.3 is 0 Å². The van der Waals surface area contributed by atoms with Crippen LogP contribution in [-0.4, -0.2) is 24.8 Å². The fourth-order valence-electron chi connectivity index (χ4n) is 1.33. The summed E-state index contributed by atoms with van der Waals surface area (Å²) in [4.78, 5) is 0. The lowest BCUT2D eigenvalue weighted by molar-refractivity contribution is -0.0153. The SMILES string of the molecule is C#CCCCC(COC(C)(C)C)NCC. The smallest absolute Gasteiger partial charge is 0.0626 e. The average molecular weight is 211 g/mol. The van der Waals surface area contributed by atoms with Crippen molar-refractivity contribution in [2.75, 3.05) is 13.2 Å². The Hall–Kier alpha value is -0.520. The van der Waals surface area contributed by atoms with Gasteiger partial charge in [0.1, 0.15) is 0 Å². The van der Waals surface area contributed by atoms with Crippen LogP contribution in [0.5, 0.6) is 0 Å². The lowest BCUT2D eigenvalue weighted by atomic mass is 10.1. The Morgan fingerprint density at radius 1 is 1.40 bits per heavy atom. The number of hydrogen-bond acceptors (Lipinski definition) is 2. The maximum atomic E-state index is 5.76. The number of hydrogen-bond donors (Lipinski definition) is 1. The first-order chi connectivity index (χ1) is 6.99. The molecule has 0 aliphatic rings. The van der Waals surface area contributed by atoms with Gasteiger partial charge in [-0.2, -0.15) is 0 Å². The quantitative estimate of drug-likeness (QED) is 0.516. The topological polar surface area (TPSA) is 21.3 Å². The van der Waals surface area contributed by atoms with Crippen LogP contribution in [0.4, 0.5) is 0 Å². The van der Waals surface area contributed by atoms with Crippen LogP contribution in [0.2, 0.25) is 0 Å². The lowest BCUT2D eigenvalue weighted by Crippen LogP contribution is -2.36. The zero-order valence-corrected chi connectivity index (χ0v) is 10.6. The molecule has 0 radical (unpaired) electrons. The first kappa shape index (κ1) is 14.5. The van der Waals surface area contributed by atoms with Crippen molar-refractivity contribution in [1.82, 2.24) is 5.32 Å². The largest absolute Gasteiger partial charge is 0.374 e. The minimum atomic E-state index is -0.0558. The van der Waals surface area contributed by atoms with E-state index in [9.17, 15) is 0 Å². The molecule has 0 aliphatic heterocycles. The minimum Gasteiger partial charge on any atom is -0.374 e. The van der Waals surface area contributed by atoms with Crippen molar-refractivity contribution in [3.8, 4) is 12.3 Å². The zero-order chi connectivity index (χ0) is 11.7. The molecule has 0 aromatic rings. The molecule has 1 N–H and O–H groups in total. The summed E-state index contributed by atoms with van der Waals surface area (Å²) < 4.78 is 5.76. The molecule has 0 fully saturated rings. The first-order valence-corrected chi connectivity index (χ1v) is 5.80. The summed E-state index contributed by atoms with van der Waals surface area (Å²) in [5, 5.41) is 3.42. The van der Waals surface area contributed by atoms with Gasteiger partial charge in [0.25, 0.3) is 0 Å². The van der Waals surface area contributed by atoms with E-state index in [0.29, 0.717) is 6.04 Å². The Kier molecular flexibility index (Phi) is 7.46. The Morgan fingerprint density at radius 3 is 2.53 bits per heavy atom. The minimum absolute atomic E-state index is 0.0558. The molecule has 0 rings (SSSR count). The van der Waals surface area contributed by atoms with Gasteiger partial charge < -0.3 is 10.1 Å². The Bertz CT molecular complexity index is 188. The molecule has 0 heterocycles. The van der Waals surface area contributed by atoms with Gasteiger partial charge in [0.05, 0.1) is 12.2 Å². The summed E-state index contributed by atoms with van der Waals surface area (Å²) in [7, 11) is 0. The predicted molar refractivity (Wildman–Crippen MR) is 65.9 cm³/mol. The normalized spacial score (nSPS) is 13.5. The van der Waals surface area contributed by atoms with E-state index >= 15 is 0 Å². The fourth-order valence-corrected chi connectivity index (χ4v) is 1.33. The van der Waals surface area contributed by atoms with Crippen molar-refractivity contribution in [3.05, 3.63) is 0 Å². The molecule has 15 heavy (non-hydrogen) atoms. The van der Waals surface area contributed by atoms with E-state index in [2.05, 4.69) is 38.9 Å². The van der Waals surface area contributed by atoms with E-state index in [1.54, 1.807) is 0 Å². The second-order valence-electron chi connectivity index (χ2n) is 4.77. The highest BCUT2D eigenvalue weighted by Crippen LogP contribution is 2.09. The molecule has 0 saturated heterocycles. The maximum Gasteiger partial charge on any atom is 0.0626 e. The van der Waals surface area contributed by atoms with Gasteiger partial charge in [-0.3, -0.25) is 0 Å². The van der Waals surface area contributed by atoms with E-state index < -0.39 is 0 Å². The van der Waals surface area contributed by atoms with Crippen LogP contribution < -0.4 is 5.32 Å². The maximum absolute atomic E-state index is 5.76. The zero-order valence-electron chi connectivity index (χ0n) is 10.6. The summed E-state index contributed by atoms with van der Waals surface area (Å²) in [6, 6.07) is 0.433. The molecule has 0 aromatic heterocycles. The second-order valence-corrected chi connectivity index (χ2v) is 4.77. The molecular formula is C13H25NO. The highest BCUT2D eigenvalue weighted by atomic mass is 16.5. The van der Waals surface area contributed by atoms with Crippen LogP contribution in [-0.2, 0) is 4.74 Å². The van der Waals surface area contributed by atoms with Crippen LogP contribution in [0.25, 0.3) is 0 Å². The van der Waals surface area contributed by atoms with Crippen molar-refractivity contribution in [1.29, 1.82) is 0 Å². The van der Waals surface area contributed by atoms with Crippen molar-refractivity contribution in [3.63, 3.8) is 0 Å². The molecule has 2 nitrogen and oxygen atoms in total. The van der Waals surface area contributed by atoms with Crippen LogP contribution in [0.3, 0.4) is 0 Å². The molecule has 0 spiro atoms. The van der Waals surface area contributed by atoms with Crippen LogP contribution in [0.1, 0.15) is 47.0 Å². The van der Waals surface area contributed by atoms with Crippen LogP contribution >= 0.6 is 0 Å². The summed E-state index contributed by atoms with van der Waals surface area (Å²) in [5.41, 5.74) is -0.0558. The summed E-state index contributed by atoms with van der Waals surface area (Å²) in [5.74, 6) is 2.67. The third kappa shape index (κ3) is 9.78. The third-order valence-corrected chi connectivity index (χ3v) is 2.08. The number of rotatable bonds is 7. The van der Waals surface area contributed by atoms with Crippen LogP contribution in [0.15, 0.2) is 0 Å². The Labute approximate surface area is 94.8 Å². The number of ether oxygens (including phenoxy) is 1. The van der Waals surface area contributed by atoms with E-state index in [1.165, 1.54) is 0 Å². The van der Waals surface area contributed by atoms with E-state index in [4.69, 9.17) is 11.2 Å². The summed E-state index contributed by atoms with van der Waals surface area (Å²) in [6.07, 6.45) is 8.25. The molecule has 0 bridgehead atoms. The molecule has 1 atom stereocenters. The van der Waals surface area contributed by atoms with Crippen molar-refractivity contribution in [2.24, 2.45) is 0 Å². The van der Waals surface area contributed by atoms with Gasteiger partial charge in [0.2, 0.25) is 0 Å². The van der Waals surface area contributed by atoms with Gasteiger partial charge in [-0.05, 0) is 40.2 Å². The van der Waals surface area contributed by atoms with Gasteiger partial charge in [-0.1, -0.05) is 6.92 Å². The van der Waals surface area contributed by atoms with E-state index in [1.807, 2.05) is 0 Å². The van der Waals surface area contributed by atoms with Crippen molar-refractivity contribution >= 4 is 0 Å². The van der Waals surface area contributed by atoms with Crippen LogP contribution in [0, 0.1) is 12.3 Å². The Balaban J connectivity index is 3.78. The number of likely N-dealkylation sites (N-methyl/N-ethyl adjacent to an activating group) is 1. The van der Waals surface area contributed by atoms with Crippen molar-refractivity contribution in [2.45, 2.75) is 58.6 Å². The highest BCUT2D eigenvalue weighted by molar-refractivity contribution is 4.84. The number of nitrogens with one attached hydrogen (secondary N) is 1. The molecular weight excluding hydrogens is 186 g/mol. The highest BCUT2D eigenvalue weighted by Gasteiger charge is 2.14. The first-order valence-electron chi connectivity index (χ1n) is 5.80. The molecule has 0 saturated carbocycles. The number of unbranched alkanes of at least 4 members (excludes halogenated alkanes) is 1. The summed E-state index contributed by atoms with van der Waals surface area (Å²) >= 11 is 0. The van der Waals surface area contributed by atoms with Gasteiger partial charge in [-0.15, -0.1) is 12.3 Å². The monoisotopic (exact) mass is 211 g/mol. The molecule has 0 aromatic carbocycles. The average Bonchev–Trinajstić information content (AvgIpc) is 2.13. The standard InChI is InChI=1S/C13H25NO/c1-6-8-9-10-12(14-7-2)11-15-13(3,4)5/h1,12,14H,7-11H2,2-5H3. The number of terminal acetylenes is 1. The molecule has 88 valence electrons. The molecule has 1 unspecified atom stereocenters. The van der Waals surface area contributed by atoms with Gasteiger partial charge in [0, 0.05) is 12.5 Å². The van der Waals surface area contributed by atoms with Gasteiger partial charge in [0.15, 0.2) is 0 Å². The summed E-state index contributed by atoms with van der Waals surface area (Å²) in [6.45, 7) is 10.1. The van der Waals surface area contributed by atoms with Gasteiger partial charge in [-0.25, -0.2) is 0 Å². The lowest BCUT2D eigenvalue weighted by Gasteiger charge is -2.24. The second kappa shape index (κ2) is 7.73. The van der Waals surface area contributed by atoms with E-state index in [-0.39, 0.29) is 5.60 Å². The van der Waals surface area contributed by atoms with Crippen molar-refractivity contribution < 1.29 is 4.74 Å². The molecule has 0 amide bonds. The molecule has 0 aliphatic carbocycles. The molecule has 2 heteroatoms. The Morgan fingerprint density at radius 2 is 2.07 bits per heavy atom. The fraction of sp³-hybridized carbons (Fsp3) is 0.846. The third-order valence-electron chi connectivity index (χ3n) is 2.08.